The Morgan fingerprint density at radius 1 is 0.950 bits per heavy atom. The fraction of sp³-hybridized carbons (Fsp3) is 0.882. The molecule has 0 aromatic heterocycles. The van der Waals surface area contributed by atoms with Crippen molar-refractivity contribution in [2.45, 2.75) is 97.0 Å². The summed E-state index contributed by atoms with van der Waals surface area (Å²) in [6, 6.07) is 0. The van der Waals surface area contributed by atoms with Gasteiger partial charge in [0, 0.05) is 12.8 Å². The van der Waals surface area contributed by atoms with Gasteiger partial charge in [-0.15, -0.1) is 0 Å². The molecule has 0 atom stereocenters. The highest BCUT2D eigenvalue weighted by molar-refractivity contribution is 5.70. The van der Waals surface area contributed by atoms with Crippen molar-refractivity contribution in [1.82, 2.24) is 0 Å². The molecule has 0 N–H and O–H groups in total. The SMILES string of the molecule is CCCCCCCCCCCC(=O)OC(C)(C)CC=O. The summed E-state index contributed by atoms with van der Waals surface area (Å²) in [6.07, 6.45) is 12.7. The van der Waals surface area contributed by atoms with Crippen molar-refractivity contribution in [1.29, 1.82) is 0 Å². The number of unbranched alkanes of at least 4 members (excludes halogenated alkanes) is 8. The molecule has 0 saturated carbocycles. The van der Waals surface area contributed by atoms with Gasteiger partial charge in [-0.25, -0.2) is 0 Å². The van der Waals surface area contributed by atoms with Gasteiger partial charge in [0.15, 0.2) is 0 Å². The number of carbonyl (C=O) groups excluding carboxylic acids is 2. The Morgan fingerprint density at radius 3 is 1.95 bits per heavy atom. The Kier molecular flexibility index (Phi) is 11.4. The lowest BCUT2D eigenvalue weighted by molar-refractivity contribution is -0.157. The zero-order valence-corrected chi connectivity index (χ0v) is 13.6. The van der Waals surface area contributed by atoms with Crippen LogP contribution in [0.4, 0.5) is 0 Å². The molecule has 0 saturated heterocycles. The molecule has 0 heterocycles. The molecule has 0 bridgehead atoms. The van der Waals surface area contributed by atoms with E-state index in [-0.39, 0.29) is 12.4 Å². The number of esters is 1. The van der Waals surface area contributed by atoms with Crippen molar-refractivity contribution in [2.24, 2.45) is 0 Å². The largest absolute Gasteiger partial charge is 0.459 e. The monoisotopic (exact) mass is 284 g/mol. The molecule has 0 aromatic rings. The smallest absolute Gasteiger partial charge is 0.306 e. The molecule has 0 aliphatic heterocycles. The number of hydrogen-bond donors (Lipinski definition) is 0. The summed E-state index contributed by atoms with van der Waals surface area (Å²) in [7, 11) is 0. The zero-order valence-electron chi connectivity index (χ0n) is 13.6. The highest BCUT2D eigenvalue weighted by atomic mass is 16.6. The van der Waals surface area contributed by atoms with E-state index in [4.69, 9.17) is 4.74 Å². The summed E-state index contributed by atoms with van der Waals surface area (Å²) in [5, 5.41) is 0. The molecule has 0 amide bonds. The lowest BCUT2D eigenvalue weighted by atomic mass is 10.1. The first-order chi connectivity index (χ1) is 9.52. The van der Waals surface area contributed by atoms with E-state index in [0.717, 1.165) is 19.1 Å². The molecule has 0 radical (unpaired) electrons. The number of aldehydes is 1. The minimum Gasteiger partial charge on any atom is -0.459 e. The van der Waals surface area contributed by atoms with Gasteiger partial charge in [0.25, 0.3) is 0 Å². The van der Waals surface area contributed by atoms with E-state index in [1.54, 1.807) is 13.8 Å². The lowest BCUT2D eigenvalue weighted by Crippen LogP contribution is -2.28. The first kappa shape index (κ1) is 19.1. The average molecular weight is 284 g/mol. The second kappa shape index (κ2) is 11.9. The van der Waals surface area contributed by atoms with Gasteiger partial charge in [-0.3, -0.25) is 4.79 Å². The molecular formula is C17H32O3. The Bertz CT molecular complexity index is 259. The van der Waals surface area contributed by atoms with Crippen LogP contribution in [0, 0.1) is 0 Å². The number of hydrogen-bond acceptors (Lipinski definition) is 3. The number of carbonyl (C=O) groups is 2. The minimum absolute atomic E-state index is 0.181. The maximum atomic E-state index is 11.6. The normalized spacial score (nSPS) is 11.3. The Labute approximate surface area is 124 Å². The fourth-order valence-electron chi connectivity index (χ4n) is 2.18. The predicted molar refractivity (Wildman–Crippen MR) is 82.7 cm³/mol. The van der Waals surface area contributed by atoms with Crippen molar-refractivity contribution >= 4 is 12.3 Å². The lowest BCUT2D eigenvalue weighted by Gasteiger charge is -2.22. The Morgan fingerprint density at radius 2 is 1.45 bits per heavy atom. The molecule has 3 nitrogen and oxygen atoms in total. The van der Waals surface area contributed by atoms with Gasteiger partial charge in [-0.2, -0.15) is 0 Å². The summed E-state index contributed by atoms with van der Waals surface area (Å²) >= 11 is 0. The molecule has 0 aliphatic rings. The van der Waals surface area contributed by atoms with E-state index < -0.39 is 5.60 Å². The predicted octanol–water partition coefficient (Wildman–Crippen LogP) is 4.82. The third-order valence-electron chi connectivity index (χ3n) is 3.45. The van der Waals surface area contributed by atoms with Crippen molar-refractivity contribution in [2.75, 3.05) is 0 Å². The summed E-state index contributed by atoms with van der Waals surface area (Å²) in [5.74, 6) is -0.181. The molecule has 0 rings (SSSR count). The molecule has 20 heavy (non-hydrogen) atoms. The first-order valence-corrected chi connectivity index (χ1v) is 8.17. The number of ether oxygens (including phenoxy) is 1. The summed E-state index contributed by atoms with van der Waals surface area (Å²) in [6.45, 7) is 5.78. The molecular weight excluding hydrogens is 252 g/mol. The van der Waals surface area contributed by atoms with Crippen LogP contribution < -0.4 is 0 Å². The zero-order chi connectivity index (χ0) is 15.3. The topological polar surface area (TPSA) is 43.4 Å². The van der Waals surface area contributed by atoms with E-state index in [0.29, 0.717) is 6.42 Å². The summed E-state index contributed by atoms with van der Waals surface area (Å²) in [5.41, 5.74) is -0.655. The number of rotatable bonds is 13. The van der Waals surface area contributed by atoms with Crippen LogP contribution in [-0.2, 0) is 14.3 Å². The van der Waals surface area contributed by atoms with Crippen molar-refractivity contribution in [3.8, 4) is 0 Å². The van der Waals surface area contributed by atoms with Crippen LogP contribution in [0.1, 0.15) is 91.4 Å². The maximum absolute atomic E-state index is 11.6. The second-order valence-electron chi connectivity index (χ2n) is 6.18. The molecule has 0 aromatic carbocycles. The van der Waals surface area contributed by atoms with Gasteiger partial charge in [0.05, 0.1) is 0 Å². The van der Waals surface area contributed by atoms with Crippen LogP contribution in [0.2, 0.25) is 0 Å². The van der Waals surface area contributed by atoms with Gasteiger partial charge in [0.1, 0.15) is 11.9 Å². The quantitative estimate of drug-likeness (QED) is 0.277. The summed E-state index contributed by atoms with van der Waals surface area (Å²) in [4.78, 5) is 22.0. The van der Waals surface area contributed by atoms with E-state index in [9.17, 15) is 9.59 Å². The second-order valence-corrected chi connectivity index (χ2v) is 6.18. The van der Waals surface area contributed by atoms with Crippen LogP contribution in [0.15, 0.2) is 0 Å². The van der Waals surface area contributed by atoms with Crippen LogP contribution in [0.5, 0.6) is 0 Å². The Balaban J connectivity index is 3.42. The van der Waals surface area contributed by atoms with Crippen molar-refractivity contribution in [3.05, 3.63) is 0 Å². The van der Waals surface area contributed by atoms with Gasteiger partial charge in [0.2, 0.25) is 0 Å². The third kappa shape index (κ3) is 12.2. The van der Waals surface area contributed by atoms with Crippen molar-refractivity contribution < 1.29 is 14.3 Å². The van der Waals surface area contributed by atoms with Crippen molar-refractivity contribution in [3.63, 3.8) is 0 Å². The van der Waals surface area contributed by atoms with E-state index >= 15 is 0 Å². The van der Waals surface area contributed by atoms with Gasteiger partial charge in [-0.1, -0.05) is 58.3 Å². The van der Waals surface area contributed by atoms with Gasteiger partial charge >= 0.3 is 5.97 Å². The highest BCUT2D eigenvalue weighted by Gasteiger charge is 2.21. The van der Waals surface area contributed by atoms with Crippen LogP contribution in [0.25, 0.3) is 0 Å². The molecule has 0 fully saturated rings. The third-order valence-corrected chi connectivity index (χ3v) is 3.45. The molecule has 118 valence electrons. The minimum atomic E-state index is -0.655. The van der Waals surface area contributed by atoms with E-state index in [1.165, 1.54) is 44.9 Å². The van der Waals surface area contributed by atoms with Gasteiger partial charge < -0.3 is 9.53 Å². The van der Waals surface area contributed by atoms with Crippen LogP contribution in [-0.4, -0.2) is 17.9 Å². The van der Waals surface area contributed by atoms with E-state index in [2.05, 4.69) is 6.92 Å². The molecule has 3 heteroatoms. The fourth-order valence-corrected chi connectivity index (χ4v) is 2.18. The average Bonchev–Trinajstić information content (AvgIpc) is 2.36. The highest BCUT2D eigenvalue weighted by Crippen LogP contribution is 2.15. The Hall–Kier alpha value is -0.860. The summed E-state index contributed by atoms with van der Waals surface area (Å²) < 4.78 is 5.28. The molecule has 0 unspecified atom stereocenters. The van der Waals surface area contributed by atoms with Gasteiger partial charge in [-0.05, 0) is 20.3 Å². The van der Waals surface area contributed by atoms with E-state index in [1.807, 2.05) is 0 Å². The molecule has 0 spiro atoms. The first-order valence-electron chi connectivity index (χ1n) is 8.17. The van der Waals surface area contributed by atoms with Crippen LogP contribution >= 0.6 is 0 Å². The molecule has 0 aliphatic carbocycles. The maximum Gasteiger partial charge on any atom is 0.306 e. The standard InChI is InChI=1S/C17H32O3/c1-4-5-6-7-8-9-10-11-12-13-16(19)20-17(2,3)14-15-18/h15H,4-14H2,1-3H3. The van der Waals surface area contributed by atoms with Crippen LogP contribution in [0.3, 0.4) is 0 Å².